The smallest absolute Gasteiger partial charge is 0.124 e. The lowest BCUT2D eigenvalue weighted by atomic mass is 9.98. The van der Waals surface area contributed by atoms with Crippen molar-refractivity contribution in [3.63, 3.8) is 0 Å². The van der Waals surface area contributed by atoms with E-state index in [1.165, 1.54) is 5.56 Å². The Labute approximate surface area is 109 Å². The quantitative estimate of drug-likeness (QED) is 0.861. The predicted molar refractivity (Wildman–Crippen MR) is 72.8 cm³/mol. The van der Waals surface area contributed by atoms with Gasteiger partial charge in [-0.2, -0.15) is 0 Å². The summed E-state index contributed by atoms with van der Waals surface area (Å²) in [6, 6.07) is 8.87. The van der Waals surface area contributed by atoms with E-state index >= 15 is 0 Å². The second-order valence-electron chi connectivity index (χ2n) is 5.20. The number of para-hydroxylation sites is 1. The second-order valence-corrected chi connectivity index (χ2v) is 5.20. The molecule has 1 aliphatic rings. The molecule has 2 rings (SSSR count). The molecule has 0 bridgehead atoms. The average molecular weight is 249 g/mol. The van der Waals surface area contributed by atoms with E-state index in [0.29, 0.717) is 12.1 Å². The Hall–Kier alpha value is -1.06. The summed E-state index contributed by atoms with van der Waals surface area (Å²) in [5, 5.41) is 12.8. The molecule has 0 radical (unpaired) electrons. The van der Waals surface area contributed by atoms with Gasteiger partial charge in [0.1, 0.15) is 5.75 Å². The Morgan fingerprint density at radius 1 is 1.39 bits per heavy atom. The topological polar surface area (TPSA) is 41.5 Å². The molecule has 3 heteroatoms. The van der Waals surface area contributed by atoms with E-state index in [0.717, 1.165) is 25.2 Å². The van der Waals surface area contributed by atoms with E-state index in [1.807, 2.05) is 12.1 Å². The van der Waals surface area contributed by atoms with Crippen LogP contribution in [0.3, 0.4) is 0 Å². The Morgan fingerprint density at radius 3 is 2.94 bits per heavy atom. The maximum Gasteiger partial charge on any atom is 0.124 e. The third-order valence-corrected chi connectivity index (χ3v) is 3.79. The maximum absolute atomic E-state index is 9.22. The first kappa shape index (κ1) is 13.4. The monoisotopic (exact) mass is 249 g/mol. The van der Waals surface area contributed by atoms with Crippen LogP contribution in [0.5, 0.6) is 5.75 Å². The molecular formula is C15H23NO2. The molecule has 1 aromatic rings. The normalized spacial score (nSPS) is 22.5. The van der Waals surface area contributed by atoms with Gasteiger partial charge in [0.25, 0.3) is 0 Å². The summed E-state index contributed by atoms with van der Waals surface area (Å²) >= 11 is 0. The van der Waals surface area contributed by atoms with E-state index in [4.69, 9.17) is 4.74 Å². The minimum atomic E-state index is 0.221. The summed E-state index contributed by atoms with van der Waals surface area (Å²) in [5.41, 5.74) is 1.24. The van der Waals surface area contributed by atoms with Gasteiger partial charge in [-0.1, -0.05) is 25.1 Å². The lowest BCUT2D eigenvalue weighted by Gasteiger charge is -2.26. The van der Waals surface area contributed by atoms with Crippen molar-refractivity contribution in [2.24, 2.45) is 5.92 Å². The Bertz CT molecular complexity index is 381. The molecule has 0 amide bonds. The number of fused-ring (bicyclic) bond motifs is 1. The zero-order valence-electron chi connectivity index (χ0n) is 11.2. The van der Waals surface area contributed by atoms with Gasteiger partial charge >= 0.3 is 0 Å². The van der Waals surface area contributed by atoms with Crippen molar-refractivity contribution in [2.45, 2.75) is 38.8 Å². The number of nitrogens with one attached hydrogen (secondary N) is 1. The van der Waals surface area contributed by atoms with Crippen LogP contribution >= 0.6 is 0 Å². The highest BCUT2D eigenvalue weighted by molar-refractivity contribution is 5.36. The molecule has 3 atom stereocenters. The predicted octanol–water partition coefficient (Wildman–Crippen LogP) is 2.51. The van der Waals surface area contributed by atoms with Gasteiger partial charge in [-0.05, 0) is 31.7 Å². The first-order valence-corrected chi connectivity index (χ1v) is 6.81. The second kappa shape index (κ2) is 6.21. The fourth-order valence-electron chi connectivity index (χ4n) is 2.34. The summed E-state index contributed by atoms with van der Waals surface area (Å²) in [6.45, 7) is 5.21. The third-order valence-electron chi connectivity index (χ3n) is 3.79. The molecule has 3 unspecified atom stereocenters. The van der Waals surface area contributed by atoms with Crippen molar-refractivity contribution in [1.29, 1.82) is 0 Å². The van der Waals surface area contributed by atoms with Crippen LogP contribution in [-0.4, -0.2) is 24.4 Å². The van der Waals surface area contributed by atoms with E-state index in [-0.39, 0.29) is 12.5 Å². The molecule has 0 fully saturated rings. The van der Waals surface area contributed by atoms with Gasteiger partial charge < -0.3 is 15.2 Å². The average Bonchev–Trinajstić information content (AvgIpc) is 2.60. The summed E-state index contributed by atoms with van der Waals surface area (Å²) in [7, 11) is 0. The number of ether oxygens (including phenoxy) is 1. The van der Waals surface area contributed by atoms with Gasteiger partial charge in [0.15, 0.2) is 0 Å². The van der Waals surface area contributed by atoms with Crippen LogP contribution in [0.15, 0.2) is 24.3 Å². The number of hydrogen-bond donors (Lipinski definition) is 2. The van der Waals surface area contributed by atoms with Crippen molar-refractivity contribution in [2.75, 3.05) is 13.2 Å². The number of hydrogen-bond acceptors (Lipinski definition) is 3. The van der Waals surface area contributed by atoms with E-state index < -0.39 is 0 Å². The fourth-order valence-corrected chi connectivity index (χ4v) is 2.34. The van der Waals surface area contributed by atoms with Crippen molar-refractivity contribution < 1.29 is 9.84 Å². The first-order chi connectivity index (χ1) is 8.72. The lowest BCUT2D eigenvalue weighted by Crippen LogP contribution is -2.36. The zero-order valence-corrected chi connectivity index (χ0v) is 11.2. The molecule has 1 aromatic carbocycles. The minimum Gasteiger partial charge on any atom is -0.493 e. The van der Waals surface area contributed by atoms with Crippen molar-refractivity contribution in [3.05, 3.63) is 29.8 Å². The van der Waals surface area contributed by atoms with Gasteiger partial charge in [-0.15, -0.1) is 0 Å². The molecule has 0 saturated heterocycles. The molecule has 3 nitrogen and oxygen atoms in total. The molecule has 0 spiro atoms. The fraction of sp³-hybridized carbons (Fsp3) is 0.600. The van der Waals surface area contributed by atoms with Gasteiger partial charge in [0, 0.05) is 24.3 Å². The highest BCUT2D eigenvalue weighted by Gasteiger charge is 2.22. The van der Waals surface area contributed by atoms with Crippen LogP contribution in [0.1, 0.15) is 38.3 Å². The molecule has 0 aromatic heterocycles. The standard InChI is InChI=1S/C15H23NO2/c1-11(10-17)12(2)16-14-7-5-9-18-15-8-4-3-6-13(14)15/h3-4,6,8,11-12,14,16-17H,5,7,9-10H2,1-2H3. The molecule has 1 aliphatic heterocycles. The summed E-state index contributed by atoms with van der Waals surface area (Å²) < 4.78 is 5.76. The SMILES string of the molecule is CC(CO)C(C)NC1CCCOc2ccccc21. The Kier molecular flexibility index (Phi) is 4.61. The Balaban J connectivity index is 2.13. The molecule has 100 valence electrons. The van der Waals surface area contributed by atoms with Crippen LogP contribution < -0.4 is 10.1 Å². The van der Waals surface area contributed by atoms with Gasteiger partial charge in [-0.25, -0.2) is 0 Å². The van der Waals surface area contributed by atoms with E-state index in [2.05, 4.69) is 31.3 Å². The van der Waals surface area contributed by atoms with Crippen LogP contribution in [0.2, 0.25) is 0 Å². The van der Waals surface area contributed by atoms with Crippen molar-refractivity contribution in [1.82, 2.24) is 5.32 Å². The number of rotatable bonds is 4. The minimum absolute atomic E-state index is 0.221. The maximum atomic E-state index is 9.22. The lowest BCUT2D eigenvalue weighted by molar-refractivity contribution is 0.199. The molecular weight excluding hydrogens is 226 g/mol. The first-order valence-electron chi connectivity index (χ1n) is 6.81. The molecule has 2 N–H and O–H groups in total. The van der Waals surface area contributed by atoms with Gasteiger partial charge in [0.2, 0.25) is 0 Å². The number of benzene rings is 1. The Morgan fingerprint density at radius 2 is 2.17 bits per heavy atom. The highest BCUT2D eigenvalue weighted by Crippen LogP contribution is 2.31. The van der Waals surface area contributed by atoms with Crippen LogP contribution in [-0.2, 0) is 0 Å². The largest absolute Gasteiger partial charge is 0.493 e. The summed E-state index contributed by atoms with van der Waals surface area (Å²) in [6.07, 6.45) is 2.14. The molecule has 0 aliphatic carbocycles. The van der Waals surface area contributed by atoms with Crippen LogP contribution in [0, 0.1) is 5.92 Å². The molecule has 18 heavy (non-hydrogen) atoms. The molecule has 0 saturated carbocycles. The van der Waals surface area contributed by atoms with Crippen molar-refractivity contribution in [3.8, 4) is 5.75 Å². The van der Waals surface area contributed by atoms with Gasteiger partial charge in [-0.3, -0.25) is 0 Å². The van der Waals surface area contributed by atoms with Crippen molar-refractivity contribution >= 4 is 0 Å². The van der Waals surface area contributed by atoms with E-state index in [9.17, 15) is 5.11 Å². The van der Waals surface area contributed by atoms with E-state index in [1.54, 1.807) is 0 Å². The summed E-state index contributed by atoms with van der Waals surface area (Å²) in [4.78, 5) is 0. The third kappa shape index (κ3) is 3.03. The van der Waals surface area contributed by atoms with Crippen LogP contribution in [0.25, 0.3) is 0 Å². The zero-order chi connectivity index (χ0) is 13.0. The highest BCUT2D eigenvalue weighted by atomic mass is 16.5. The summed E-state index contributed by atoms with van der Waals surface area (Å²) in [5.74, 6) is 1.26. The number of aliphatic hydroxyl groups is 1. The number of aliphatic hydroxyl groups excluding tert-OH is 1. The molecule has 1 heterocycles. The van der Waals surface area contributed by atoms with Crippen LogP contribution in [0.4, 0.5) is 0 Å². The van der Waals surface area contributed by atoms with Gasteiger partial charge in [0.05, 0.1) is 6.61 Å².